The number of alkyl halides is 5. The van der Waals surface area contributed by atoms with Crippen molar-refractivity contribution in [2.45, 2.75) is 48.3 Å². The van der Waals surface area contributed by atoms with Gasteiger partial charge in [0, 0.05) is 64.3 Å². The molecule has 1 aromatic carbocycles. The summed E-state index contributed by atoms with van der Waals surface area (Å²) in [5, 5.41) is 2.33. The monoisotopic (exact) mass is 603 g/mol. The predicted molar refractivity (Wildman–Crippen MR) is 131 cm³/mol. The first-order valence-corrected chi connectivity index (χ1v) is 13.3. The van der Waals surface area contributed by atoms with Crippen LogP contribution in [0.4, 0.5) is 26.3 Å². The Balaban J connectivity index is 0.00000420. The number of rotatable bonds is 6. The van der Waals surface area contributed by atoms with Crippen LogP contribution in [0.1, 0.15) is 41.6 Å². The van der Waals surface area contributed by atoms with E-state index in [0.29, 0.717) is 0 Å². The molecule has 0 radical (unpaired) electrons. The zero-order valence-electron chi connectivity index (χ0n) is 20.8. The number of benzene rings is 1. The fraction of sp³-hybridized carbons (Fsp3) is 0.565. The first-order chi connectivity index (χ1) is 17.6. The molecule has 2 aliphatic rings. The molecule has 1 N–H and O–H groups in total. The molecule has 1 saturated carbocycles. The van der Waals surface area contributed by atoms with Crippen molar-refractivity contribution in [3.8, 4) is 0 Å². The molecule has 0 unspecified atom stereocenters. The molecule has 0 atom stereocenters. The minimum atomic E-state index is -4.98. The molecule has 39 heavy (non-hydrogen) atoms. The fourth-order valence-corrected chi connectivity index (χ4v) is 6.42. The van der Waals surface area contributed by atoms with Gasteiger partial charge in [0.05, 0.1) is 17.5 Å². The van der Waals surface area contributed by atoms with Crippen LogP contribution in [0.2, 0.25) is 0 Å². The Morgan fingerprint density at radius 1 is 1.08 bits per heavy atom. The predicted octanol–water partition coefficient (Wildman–Crippen LogP) is 3.68. The van der Waals surface area contributed by atoms with Gasteiger partial charge in [-0.3, -0.25) is 9.69 Å². The van der Waals surface area contributed by atoms with E-state index >= 15 is 0 Å². The molecule has 0 bridgehead atoms. The molecular weight excluding hydrogens is 576 g/mol. The van der Waals surface area contributed by atoms with Crippen LogP contribution >= 0.6 is 12.4 Å². The van der Waals surface area contributed by atoms with Gasteiger partial charge in [-0.15, -0.1) is 12.4 Å². The number of amides is 1. The first kappa shape index (κ1) is 31.2. The Kier molecular flexibility index (Phi) is 9.00. The molecule has 0 spiro atoms. The summed E-state index contributed by atoms with van der Waals surface area (Å²) in [7, 11) is -2.24. The molecular formula is C23H28ClF6N5O3S. The number of halogens is 7. The van der Waals surface area contributed by atoms with E-state index in [0.717, 1.165) is 12.1 Å². The number of imidazole rings is 1. The number of hydrogen-bond acceptors (Lipinski definition) is 5. The highest BCUT2D eigenvalue weighted by Gasteiger charge is 2.48. The van der Waals surface area contributed by atoms with Gasteiger partial charge in [-0.05, 0) is 31.0 Å². The SMILES string of the molecule is Cl.Cn1cnc(S(=O)(=O)N2CCN(C3(CNC(=O)c4ccc(F)cc4C(F)(F)F)CCC(F)(F)CC3)CC2)c1. The van der Waals surface area contributed by atoms with Crippen molar-refractivity contribution in [3.05, 3.63) is 47.7 Å². The summed E-state index contributed by atoms with van der Waals surface area (Å²) in [6.07, 6.45) is -3.33. The Morgan fingerprint density at radius 3 is 2.23 bits per heavy atom. The molecule has 1 amide bonds. The molecule has 4 rings (SSSR count). The number of piperazine rings is 1. The van der Waals surface area contributed by atoms with E-state index < -0.39 is 63.4 Å². The van der Waals surface area contributed by atoms with E-state index in [1.54, 1.807) is 7.05 Å². The molecule has 16 heteroatoms. The quantitative estimate of drug-likeness (QED) is 0.509. The van der Waals surface area contributed by atoms with Crippen molar-refractivity contribution in [1.82, 2.24) is 24.1 Å². The van der Waals surface area contributed by atoms with Gasteiger partial charge in [-0.25, -0.2) is 26.6 Å². The molecule has 218 valence electrons. The van der Waals surface area contributed by atoms with Crippen molar-refractivity contribution < 1.29 is 39.6 Å². The lowest BCUT2D eigenvalue weighted by atomic mass is 9.78. The van der Waals surface area contributed by atoms with E-state index in [-0.39, 0.29) is 69.1 Å². The Bertz CT molecular complexity index is 1290. The lowest BCUT2D eigenvalue weighted by Gasteiger charge is -2.50. The highest BCUT2D eigenvalue weighted by Crippen LogP contribution is 2.42. The lowest BCUT2D eigenvalue weighted by molar-refractivity contribution is -0.138. The number of sulfonamides is 1. The highest BCUT2D eigenvalue weighted by molar-refractivity contribution is 7.89. The molecule has 1 aromatic heterocycles. The summed E-state index contributed by atoms with van der Waals surface area (Å²) < 4.78 is 110. The van der Waals surface area contributed by atoms with Crippen LogP contribution < -0.4 is 5.32 Å². The lowest BCUT2D eigenvalue weighted by Crippen LogP contribution is -2.63. The normalized spacial score (nSPS) is 20.3. The fourth-order valence-electron chi connectivity index (χ4n) is 5.03. The van der Waals surface area contributed by atoms with Crippen molar-refractivity contribution >= 4 is 28.3 Å². The molecule has 1 aliphatic heterocycles. The third kappa shape index (κ3) is 6.69. The maximum absolute atomic E-state index is 14.0. The summed E-state index contributed by atoms with van der Waals surface area (Å²) in [6, 6.07) is 1.70. The molecule has 1 aliphatic carbocycles. The largest absolute Gasteiger partial charge is 0.417 e. The Morgan fingerprint density at radius 2 is 1.69 bits per heavy atom. The van der Waals surface area contributed by atoms with Crippen molar-refractivity contribution in [1.29, 1.82) is 0 Å². The maximum Gasteiger partial charge on any atom is 0.417 e. The van der Waals surface area contributed by atoms with Gasteiger partial charge in [-0.1, -0.05) is 0 Å². The second kappa shape index (κ2) is 11.3. The number of nitrogens with zero attached hydrogens (tertiary/aromatic N) is 4. The van der Waals surface area contributed by atoms with Crippen molar-refractivity contribution in [3.63, 3.8) is 0 Å². The van der Waals surface area contributed by atoms with Crippen LogP contribution in [-0.2, 0) is 23.2 Å². The smallest absolute Gasteiger partial charge is 0.350 e. The number of carbonyl (C=O) groups excluding carboxylic acids is 1. The average molecular weight is 604 g/mol. The minimum absolute atomic E-state index is 0. The van der Waals surface area contributed by atoms with Gasteiger partial charge in [0.2, 0.25) is 5.92 Å². The molecule has 2 heterocycles. The molecule has 8 nitrogen and oxygen atoms in total. The number of hydrogen-bond donors (Lipinski definition) is 1. The summed E-state index contributed by atoms with van der Waals surface area (Å²) >= 11 is 0. The van der Waals surface area contributed by atoms with Gasteiger partial charge >= 0.3 is 6.18 Å². The standard InChI is InChI=1S/C23H27F6N5O3S.ClH/c1-32-13-19(31-15-32)38(36,37)34-10-8-33(9-11-34)21(4-6-22(25,26)7-5-21)14-30-20(35)17-3-2-16(24)12-18(17)23(27,28)29;/h2-3,12-13,15H,4-11,14H2,1H3,(H,30,35);1H. The van der Waals surface area contributed by atoms with E-state index in [4.69, 9.17) is 0 Å². The summed E-state index contributed by atoms with van der Waals surface area (Å²) in [6.45, 7) is 0.182. The third-order valence-corrected chi connectivity index (χ3v) is 9.00. The number of aryl methyl sites for hydroxylation is 1. The van der Waals surface area contributed by atoms with Gasteiger partial charge in [0.1, 0.15) is 5.82 Å². The Hall–Kier alpha value is -2.36. The van der Waals surface area contributed by atoms with Crippen LogP contribution in [0.5, 0.6) is 0 Å². The number of aromatic nitrogens is 2. The average Bonchev–Trinajstić information content (AvgIpc) is 3.30. The van der Waals surface area contributed by atoms with Crippen molar-refractivity contribution in [2.75, 3.05) is 32.7 Å². The summed E-state index contributed by atoms with van der Waals surface area (Å²) in [5.74, 6) is -5.18. The maximum atomic E-state index is 14.0. The summed E-state index contributed by atoms with van der Waals surface area (Å²) in [4.78, 5) is 18.5. The van der Waals surface area contributed by atoms with Gasteiger partial charge < -0.3 is 9.88 Å². The van der Waals surface area contributed by atoms with Crippen molar-refractivity contribution in [2.24, 2.45) is 7.05 Å². The van der Waals surface area contributed by atoms with Gasteiger partial charge in [0.25, 0.3) is 15.9 Å². The molecule has 2 fully saturated rings. The number of nitrogens with one attached hydrogen (secondary N) is 1. The van der Waals surface area contributed by atoms with Crippen LogP contribution in [0.15, 0.2) is 35.7 Å². The number of carbonyl (C=O) groups is 1. The molecule has 2 aromatic rings. The second-order valence-corrected chi connectivity index (χ2v) is 11.6. The highest BCUT2D eigenvalue weighted by atomic mass is 35.5. The van der Waals surface area contributed by atoms with Crippen LogP contribution in [0.25, 0.3) is 0 Å². The Labute approximate surface area is 227 Å². The van der Waals surface area contributed by atoms with E-state index in [9.17, 15) is 39.6 Å². The first-order valence-electron chi connectivity index (χ1n) is 11.9. The van der Waals surface area contributed by atoms with E-state index in [1.807, 2.05) is 4.90 Å². The van der Waals surface area contributed by atoms with E-state index in [2.05, 4.69) is 10.3 Å². The zero-order valence-corrected chi connectivity index (χ0v) is 22.5. The minimum Gasteiger partial charge on any atom is -0.350 e. The topological polar surface area (TPSA) is 87.5 Å². The van der Waals surface area contributed by atoms with Gasteiger partial charge in [-0.2, -0.15) is 17.5 Å². The van der Waals surface area contributed by atoms with Gasteiger partial charge in [0.15, 0.2) is 5.03 Å². The molecule has 1 saturated heterocycles. The zero-order chi connectivity index (χ0) is 27.9. The second-order valence-electron chi connectivity index (χ2n) is 9.72. The van der Waals surface area contributed by atoms with Crippen LogP contribution in [0, 0.1) is 5.82 Å². The van der Waals surface area contributed by atoms with Crippen LogP contribution in [-0.4, -0.2) is 77.3 Å². The van der Waals surface area contributed by atoms with Crippen LogP contribution in [0.3, 0.4) is 0 Å². The van der Waals surface area contributed by atoms with E-state index in [1.165, 1.54) is 21.4 Å². The summed E-state index contributed by atoms with van der Waals surface area (Å²) in [5.41, 5.74) is -3.23. The third-order valence-electron chi connectivity index (χ3n) is 7.22.